The molecule has 6 aromatic carbocycles. The Balaban J connectivity index is 0.00000180. The van der Waals surface area contributed by atoms with Gasteiger partial charge in [0.15, 0.2) is 0 Å². The van der Waals surface area contributed by atoms with Crippen molar-refractivity contribution >= 4 is 55.6 Å². The van der Waals surface area contributed by atoms with Gasteiger partial charge < -0.3 is 24.8 Å². The third-order valence-electron chi connectivity index (χ3n) is 10.5. The van der Waals surface area contributed by atoms with Gasteiger partial charge in [0, 0.05) is 0 Å². The molecule has 4 aliphatic rings. The molecule has 0 bridgehead atoms. The molecule has 10 rings (SSSR count). The SMILES string of the molecule is C1=CCc2c3c(c4ccccc4c2=C1)=CC=[C]3[Zr+2]([C]1=CC=c2c1c1c(c3ccccc23)=CC=CC1)=[C](c1ccccc1)c1ccccc1.[Cl-].[Cl-]. The molecule has 0 amide bonds. The molecular formula is C47H32Cl2Zr. The molecule has 0 N–H and O–H groups in total. The molecule has 6 aromatic rings. The summed E-state index contributed by atoms with van der Waals surface area (Å²) in [6.07, 6.45) is 25.8. The van der Waals surface area contributed by atoms with E-state index in [1.54, 1.807) is 9.77 Å². The minimum absolute atomic E-state index is 0. The van der Waals surface area contributed by atoms with E-state index in [0.717, 1.165) is 12.8 Å². The Morgan fingerprint density at radius 1 is 0.400 bits per heavy atom. The first-order valence-electron chi connectivity index (χ1n) is 17.0. The molecule has 0 nitrogen and oxygen atoms in total. The van der Waals surface area contributed by atoms with Crippen LogP contribution in [-0.4, -0.2) is 3.21 Å². The standard InChI is InChI=1S/2C17H11.C13H10.2ClH.Zr/c2*1-3-8-14-12(6-1)13-7-2-4-9-15(13)17-11-5-10-16(14)17;1-3-7-12(8-4-1)11-13-9-5-2-6-10-13;;;/h2*1-8,10H,9H2;1-10H;2*1H;/q;;;;;+2/p-2. The van der Waals surface area contributed by atoms with Crippen LogP contribution in [0.5, 0.6) is 0 Å². The van der Waals surface area contributed by atoms with Gasteiger partial charge >= 0.3 is 290 Å². The number of hydrogen-bond donors (Lipinski definition) is 0. The van der Waals surface area contributed by atoms with Crippen molar-refractivity contribution in [2.75, 3.05) is 0 Å². The summed E-state index contributed by atoms with van der Waals surface area (Å²) in [5.41, 5.74) is 8.68. The summed E-state index contributed by atoms with van der Waals surface area (Å²) in [6, 6.07) is 40.7. The second-order valence-corrected chi connectivity index (χ2v) is 18.7. The van der Waals surface area contributed by atoms with Crippen molar-refractivity contribution in [2.24, 2.45) is 0 Å². The van der Waals surface area contributed by atoms with Gasteiger partial charge in [-0.3, -0.25) is 0 Å². The maximum Gasteiger partial charge on any atom is -1.00 e. The fraction of sp³-hybridized carbons (Fsp3) is 0.0426. The van der Waals surface area contributed by atoms with Crippen molar-refractivity contribution in [1.82, 2.24) is 0 Å². The number of rotatable bonds is 4. The molecule has 3 heteroatoms. The zero-order valence-corrected chi connectivity index (χ0v) is 31.3. The summed E-state index contributed by atoms with van der Waals surface area (Å²) in [5, 5.41) is 11.1. The van der Waals surface area contributed by atoms with Crippen molar-refractivity contribution < 1.29 is 46.1 Å². The predicted molar refractivity (Wildman–Crippen MR) is 202 cm³/mol. The largest absolute Gasteiger partial charge is 1.00 e. The molecular weight excluding hydrogens is 727 g/mol. The van der Waals surface area contributed by atoms with Gasteiger partial charge in [0.1, 0.15) is 0 Å². The molecule has 0 saturated carbocycles. The van der Waals surface area contributed by atoms with E-state index >= 15 is 0 Å². The maximum absolute atomic E-state index is 3.04. The molecule has 0 atom stereocenters. The number of fused-ring (bicyclic) bond motifs is 12. The van der Waals surface area contributed by atoms with Crippen LogP contribution in [0.25, 0.3) is 52.4 Å². The van der Waals surface area contributed by atoms with Gasteiger partial charge in [-0.2, -0.15) is 0 Å². The molecule has 0 radical (unpaired) electrons. The minimum atomic E-state index is -3.04. The first-order valence-corrected chi connectivity index (χ1v) is 20.7. The average molecular weight is 759 g/mol. The molecule has 0 aromatic heterocycles. The van der Waals surface area contributed by atoms with Crippen molar-refractivity contribution in [1.29, 1.82) is 0 Å². The Morgan fingerprint density at radius 2 is 0.780 bits per heavy atom. The first kappa shape index (κ1) is 32.8. The molecule has 4 aliphatic carbocycles. The topological polar surface area (TPSA) is 0 Å². The van der Waals surface area contributed by atoms with Crippen LogP contribution in [0.4, 0.5) is 0 Å². The monoisotopic (exact) mass is 756 g/mol. The summed E-state index contributed by atoms with van der Waals surface area (Å²) < 4.78 is 4.73. The number of allylic oxidation sites excluding steroid dienone is 6. The van der Waals surface area contributed by atoms with Crippen molar-refractivity contribution in [3.8, 4) is 0 Å². The fourth-order valence-corrected chi connectivity index (χ4v) is 16.7. The number of benzene rings is 6. The summed E-state index contributed by atoms with van der Waals surface area (Å²) in [4.78, 5) is 0. The summed E-state index contributed by atoms with van der Waals surface area (Å²) in [7, 11) is 0. The summed E-state index contributed by atoms with van der Waals surface area (Å²) in [6.45, 7) is 0. The Bertz CT molecular complexity index is 2610. The minimum Gasteiger partial charge on any atom is -1.00 e. The van der Waals surface area contributed by atoms with E-state index in [1.165, 1.54) is 75.8 Å². The predicted octanol–water partition coefficient (Wildman–Crippen LogP) is 1.64. The average Bonchev–Trinajstić information content (AvgIpc) is 3.81. The zero-order valence-electron chi connectivity index (χ0n) is 27.3. The maximum atomic E-state index is 2.54. The van der Waals surface area contributed by atoms with Crippen LogP contribution >= 0.6 is 0 Å². The van der Waals surface area contributed by atoms with Crippen LogP contribution in [0.2, 0.25) is 0 Å². The molecule has 50 heavy (non-hydrogen) atoms. The molecule has 0 heterocycles. The van der Waals surface area contributed by atoms with E-state index in [1.807, 2.05) is 0 Å². The van der Waals surface area contributed by atoms with Crippen molar-refractivity contribution in [2.45, 2.75) is 12.8 Å². The second-order valence-electron chi connectivity index (χ2n) is 13.0. The molecule has 0 unspecified atom stereocenters. The Labute approximate surface area is 312 Å². The number of halogens is 2. The summed E-state index contributed by atoms with van der Waals surface area (Å²) in [5.74, 6) is 0. The van der Waals surface area contributed by atoms with Gasteiger partial charge in [0.25, 0.3) is 0 Å². The van der Waals surface area contributed by atoms with Gasteiger partial charge in [-0.05, 0) is 0 Å². The van der Waals surface area contributed by atoms with Crippen LogP contribution in [0, 0.1) is 0 Å². The van der Waals surface area contributed by atoms with Crippen LogP contribution in [-0.2, 0) is 34.1 Å². The van der Waals surface area contributed by atoms with E-state index in [0.29, 0.717) is 0 Å². The van der Waals surface area contributed by atoms with Gasteiger partial charge in [-0.1, -0.05) is 0 Å². The zero-order chi connectivity index (χ0) is 31.6. The van der Waals surface area contributed by atoms with E-state index in [9.17, 15) is 0 Å². The quantitative estimate of drug-likeness (QED) is 0.257. The van der Waals surface area contributed by atoms with Crippen molar-refractivity contribution in [3.05, 3.63) is 200 Å². The van der Waals surface area contributed by atoms with Crippen molar-refractivity contribution in [3.63, 3.8) is 0 Å². The molecule has 0 saturated heterocycles. The second kappa shape index (κ2) is 13.4. The Kier molecular flexibility index (Phi) is 8.78. The van der Waals surface area contributed by atoms with E-state index in [2.05, 4.69) is 170 Å². The van der Waals surface area contributed by atoms with Crippen LogP contribution in [0.15, 0.2) is 146 Å². The van der Waals surface area contributed by atoms with E-state index in [-0.39, 0.29) is 24.8 Å². The first-order chi connectivity index (χ1) is 23.9. The van der Waals surface area contributed by atoms with Gasteiger partial charge in [-0.15, -0.1) is 0 Å². The van der Waals surface area contributed by atoms with E-state index < -0.39 is 21.3 Å². The summed E-state index contributed by atoms with van der Waals surface area (Å²) >= 11 is -3.04. The van der Waals surface area contributed by atoms with E-state index in [4.69, 9.17) is 0 Å². The molecule has 0 spiro atoms. The third-order valence-corrected chi connectivity index (χ3v) is 17.9. The van der Waals surface area contributed by atoms with Crippen LogP contribution in [0.3, 0.4) is 0 Å². The van der Waals surface area contributed by atoms with Gasteiger partial charge in [0.2, 0.25) is 0 Å². The molecule has 0 fully saturated rings. The van der Waals surface area contributed by atoms with Crippen LogP contribution < -0.4 is 45.7 Å². The number of hydrogen-bond acceptors (Lipinski definition) is 0. The molecule has 0 aliphatic heterocycles. The smallest absolute Gasteiger partial charge is 1.00 e. The van der Waals surface area contributed by atoms with Gasteiger partial charge in [-0.25, -0.2) is 0 Å². The third kappa shape index (κ3) is 5.02. The van der Waals surface area contributed by atoms with Gasteiger partial charge in [0.05, 0.1) is 0 Å². The Morgan fingerprint density at radius 3 is 1.20 bits per heavy atom. The normalized spacial score (nSPS) is 14.1. The fourth-order valence-electron chi connectivity index (χ4n) is 8.56. The molecule has 238 valence electrons. The Hall–Kier alpha value is -4.39. The van der Waals surface area contributed by atoms with Crippen LogP contribution in [0.1, 0.15) is 33.4 Å².